The maximum Gasteiger partial charge on any atom is 0.272 e. The van der Waals surface area contributed by atoms with E-state index in [1.54, 1.807) is 4.90 Å². The fourth-order valence-corrected chi connectivity index (χ4v) is 2.94. The van der Waals surface area contributed by atoms with Crippen LogP contribution in [0.3, 0.4) is 0 Å². The predicted octanol–water partition coefficient (Wildman–Crippen LogP) is 2.10. The molecule has 3 heterocycles. The smallest absolute Gasteiger partial charge is 0.272 e. The standard InChI is InChI=1S/C17H21N3O3/c1-3-13-15(17(22)19-10-7-12(21)8-11-19)20-9-5-6-14(23-4-2)16(20)18-13/h5-6,9H,3-4,7-8,10-11H2,1-2H3. The van der Waals surface area contributed by atoms with E-state index in [1.807, 2.05) is 36.6 Å². The van der Waals surface area contributed by atoms with E-state index in [4.69, 9.17) is 4.74 Å². The van der Waals surface area contributed by atoms with Gasteiger partial charge in [-0.1, -0.05) is 6.92 Å². The van der Waals surface area contributed by atoms with E-state index in [-0.39, 0.29) is 11.7 Å². The fourth-order valence-electron chi connectivity index (χ4n) is 2.94. The number of imidazole rings is 1. The Bertz CT molecular complexity index is 741. The van der Waals surface area contributed by atoms with Gasteiger partial charge in [0.1, 0.15) is 11.5 Å². The van der Waals surface area contributed by atoms with Crippen LogP contribution in [0.4, 0.5) is 0 Å². The number of Topliss-reactive ketones (excluding diaryl/α,β-unsaturated/α-hetero) is 1. The number of nitrogens with zero attached hydrogens (tertiary/aromatic N) is 3. The third-order valence-electron chi connectivity index (χ3n) is 4.13. The van der Waals surface area contributed by atoms with Gasteiger partial charge in [-0.25, -0.2) is 4.98 Å². The van der Waals surface area contributed by atoms with Crippen molar-refractivity contribution in [1.29, 1.82) is 0 Å². The molecule has 0 unspecified atom stereocenters. The maximum atomic E-state index is 12.9. The summed E-state index contributed by atoms with van der Waals surface area (Å²) in [5.41, 5.74) is 2.01. The van der Waals surface area contributed by atoms with Gasteiger partial charge in [-0.3, -0.25) is 14.0 Å². The highest BCUT2D eigenvalue weighted by molar-refractivity contribution is 5.96. The van der Waals surface area contributed by atoms with Crippen LogP contribution in [0.2, 0.25) is 0 Å². The van der Waals surface area contributed by atoms with Gasteiger partial charge in [0, 0.05) is 32.1 Å². The highest BCUT2D eigenvalue weighted by atomic mass is 16.5. The number of piperidine rings is 1. The first-order valence-electron chi connectivity index (χ1n) is 8.09. The summed E-state index contributed by atoms with van der Waals surface area (Å²) < 4.78 is 7.43. The number of ketones is 1. The lowest BCUT2D eigenvalue weighted by atomic mass is 10.1. The normalized spacial score (nSPS) is 15.2. The summed E-state index contributed by atoms with van der Waals surface area (Å²) in [4.78, 5) is 30.7. The highest BCUT2D eigenvalue weighted by Gasteiger charge is 2.27. The Hall–Kier alpha value is -2.37. The van der Waals surface area contributed by atoms with Gasteiger partial charge in [-0.05, 0) is 25.5 Å². The zero-order valence-electron chi connectivity index (χ0n) is 13.5. The van der Waals surface area contributed by atoms with E-state index in [9.17, 15) is 9.59 Å². The number of pyridine rings is 1. The van der Waals surface area contributed by atoms with Crippen molar-refractivity contribution >= 4 is 17.3 Å². The number of aryl methyl sites for hydroxylation is 1. The van der Waals surface area contributed by atoms with E-state index < -0.39 is 0 Å². The largest absolute Gasteiger partial charge is 0.490 e. The number of fused-ring (bicyclic) bond motifs is 1. The van der Waals surface area contributed by atoms with E-state index in [2.05, 4.69) is 4.98 Å². The van der Waals surface area contributed by atoms with Crippen molar-refractivity contribution in [3.05, 3.63) is 29.7 Å². The summed E-state index contributed by atoms with van der Waals surface area (Å²) in [7, 11) is 0. The molecule has 0 atom stereocenters. The number of hydrogen-bond donors (Lipinski definition) is 0. The second-order valence-electron chi connectivity index (χ2n) is 5.59. The minimum Gasteiger partial charge on any atom is -0.490 e. The van der Waals surface area contributed by atoms with Crippen molar-refractivity contribution in [3.63, 3.8) is 0 Å². The number of aromatic nitrogens is 2. The molecule has 0 aliphatic carbocycles. The van der Waals surface area contributed by atoms with Crippen molar-refractivity contribution < 1.29 is 14.3 Å². The van der Waals surface area contributed by atoms with Crippen LogP contribution in [0.1, 0.15) is 42.9 Å². The first kappa shape index (κ1) is 15.5. The van der Waals surface area contributed by atoms with Gasteiger partial charge in [0.2, 0.25) is 0 Å². The molecule has 0 bridgehead atoms. The second-order valence-corrected chi connectivity index (χ2v) is 5.59. The Morgan fingerprint density at radius 3 is 2.70 bits per heavy atom. The minimum absolute atomic E-state index is 0.0597. The van der Waals surface area contributed by atoms with Crippen molar-refractivity contribution in [1.82, 2.24) is 14.3 Å². The van der Waals surface area contributed by atoms with Crippen LogP contribution in [-0.2, 0) is 11.2 Å². The Morgan fingerprint density at radius 1 is 1.30 bits per heavy atom. The lowest BCUT2D eigenvalue weighted by Crippen LogP contribution is -2.39. The lowest BCUT2D eigenvalue weighted by molar-refractivity contribution is -0.120. The summed E-state index contributed by atoms with van der Waals surface area (Å²) in [5, 5.41) is 0. The Kier molecular flexibility index (Phi) is 4.32. The van der Waals surface area contributed by atoms with E-state index in [1.165, 1.54) is 0 Å². The Labute approximate surface area is 135 Å². The molecule has 0 radical (unpaired) electrons. The summed E-state index contributed by atoms with van der Waals surface area (Å²) in [5.74, 6) is 0.842. The first-order chi connectivity index (χ1) is 11.2. The number of hydrogen-bond acceptors (Lipinski definition) is 4. The molecule has 6 heteroatoms. The monoisotopic (exact) mass is 315 g/mol. The molecule has 1 saturated heterocycles. The van der Waals surface area contributed by atoms with Crippen molar-refractivity contribution in [2.45, 2.75) is 33.1 Å². The number of amides is 1. The van der Waals surface area contributed by atoms with E-state index in [0.29, 0.717) is 56.0 Å². The third kappa shape index (κ3) is 2.81. The molecular formula is C17H21N3O3. The fraction of sp³-hybridized carbons (Fsp3) is 0.471. The van der Waals surface area contributed by atoms with E-state index >= 15 is 0 Å². The number of ether oxygens (including phenoxy) is 1. The van der Waals surface area contributed by atoms with Crippen molar-refractivity contribution in [2.24, 2.45) is 0 Å². The van der Waals surface area contributed by atoms with Crippen molar-refractivity contribution in [3.8, 4) is 5.75 Å². The molecule has 0 saturated carbocycles. The predicted molar refractivity (Wildman–Crippen MR) is 85.9 cm³/mol. The molecule has 122 valence electrons. The van der Waals surface area contributed by atoms with Gasteiger partial charge in [0.05, 0.1) is 12.3 Å². The van der Waals surface area contributed by atoms with Gasteiger partial charge >= 0.3 is 0 Å². The zero-order valence-corrected chi connectivity index (χ0v) is 13.5. The van der Waals surface area contributed by atoms with Crippen LogP contribution in [0.25, 0.3) is 5.65 Å². The lowest BCUT2D eigenvalue weighted by Gasteiger charge is -2.26. The molecule has 1 fully saturated rings. The molecule has 3 rings (SSSR count). The average molecular weight is 315 g/mol. The molecular weight excluding hydrogens is 294 g/mol. The summed E-state index contributed by atoms with van der Waals surface area (Å²) >= 11 is 0. The quantitative estimate of drug-likeness (QED) is 0.867. The van der Waals surface area contributed by atoms with Crippen LogP contribution in [0, 0.1) is 0 Å². The van der Waals surface area contributed by atoms with Crippen LogP contribution in [0.5, 0.6) is 5.75 Å². The molecule has 0 aromatic carbocycles. The van der Waals surface area contributed by atoms with Gasteiger partial charge in [-0.2, -0.15) is 0 Å². The Balaban J connectivity index is 2.03. The molecule has 0 spiro atoms. The summed E-state index contributed by atoms with van der Waals surface area (Å²) in [6.45, 7) is 5.42. The van der Waals surface area contributed by atoms with Crippen LogP contribution in [-0.4, -0.2) is 45.7 Å². The van der Waals surface area contributed by atoms with Gasteiger partial charge in [0.15, 0.2) is 11.4 Å². The maximum absolute atomic E-state index is 12.9. The number of carbonyl (C=O) groups excluding carboxylic acids is 2. The first-order valence-corrected chi connectivity index (χ1v) is 8.09. The topological polar surface area (TPSA) is 63.9 Å². The van der Waals surface area contributed by atoms with Crippen LogP contribution in [0.15, 0.2) is 18.3 Å². The van der Waals surface area contributed by atoms with Gasteiger partial charge < -0.3 is 9.64 Å². The third-order valence-corrected chi connectivity index (χ3v) is 4.13. The minimum atomic E-state index is -0.0597. The van der Waals surface area contributed by atoms with Crippen LogP contribution < -0.4 is 4.74 Å². The summed E-state index contributed by atoms with van der Waals surface area (Å²) in [6, 6.07) is 3.72. The number of rotatable bonds is 4. The molecule has 2 aromatic rings. The Morgan fingerprint density at radius 2 is 2.04 bits per heavy atom. The van der Waals surface area contributed by atoms with Crippen LogP contribution >= 0.6 is 0 Å². The van der Waals surface area contributed by atoms with Crippen molar-refractivity contribution in [2.75, 3.05) is 19.7 Å². The molecule has 0 N–H and O–H groups in total. The molecule has 1 amide bonds. The SMILES string of the molecule is CCOc1cccn2c(C(=O)N3CCC(=O)CC3)c(CC)nc12. The second kappa shape index (κ2) is 6.40. The molecule has 6 nitrogen and oxygen atoms in total. The zero-order chi connectivity index (χ0) is 16.4. The van der Waals surface area contributed by atoms with Gasteiger partial charge in [-0.15, -0.1) is 0 Å². The van der Waals surface area contributed by atoms with Gasteiger partial charge in [0.25, 0.3) is 5.91 Å². The van der Waals surface area contributed by atoms with E-state index in [0.717, 1.165) is 5.69 Å². The number of carbonyl (C=O) groups is 2. The molecule has 23 heavy (non-hydrogen) atoms. The average Bonchev–Trinajstić information content (AvgIpc) is 2.95. The molecule has 2 aromatic heterocycles. The molecule has 1 aliphatic rings. The highest BCUT2D eigenvalue weighted by Crippen LogP contribution is 2.24. The summed E-state index contributed by atoms with van der Waals surface area (Å²) in [6.07, 6.45) is 3.38. The number of likely N-dealkylation sites (tertiary alicyclic amines) is 1. The molecule has 1 aliphatic heterocycles.